The number of hydrogen-bond acceptors (Lipinski definition) is 3. The lowest BCUT2D eigenvalue weighted by Gasteiger charge is -2.05. The summed E-state index contributed by atoms with van der Waals surface area (Å²) >= 11 is 6.88. The summed E-state index contributed by atoms with van der Waals surface area (Å²) in [5.41, 5.74) is 7.89. The smallest absolute Gasteiger partial charge is 0.178 e. The molecule has 3 aromatic rings. The van der Waals surface area contributed by atoms with E-state index in [-0.39, 0.29) is 11.6 Å². The molecule has 106 valence electrons. The minimum absolute atomic E-state index is 0.227. The van der Waals surface area contributed by atoms with Crippen LogP contribution in [0.5, 0.6) is 0 Å². The Morgan fingerprint density at radius 1 is 1.10 bits per heavy atom. The molecule has 6 heteroatoms. The maximum absolute atomic E-state index is 13.4. The van der Waals surface area contributed by atoms with Crippen LogP contribution in [0.4, 0.5) is 10.2 Å². The second-order valence-electron chi connectivity index (χ2n) is 4.41. The summed E-state index contributed by atoms with van der Waals surface area (Å²) in [5, 5.41) is 3.81. The summed E-state index contributed by atoms with van der Waals surface area (Å²) in [7, 11) is 0. The summed E-state index contributed by atoms with van der Waals surface area (Å²) in [6, 6.07) is 11.8. The van der Waals surface area contributed by atoms with Crippen LogP contribution in [0.2, 0.25) is 0 Å². The van der Waals surface area contributed by atoms with Crippen LogP contribution < -0.4 is 5.73 Å². The van der Waals surface area contributed by atoms with E-state index in [1.54, 1.807) is 12.1 Å². The monoisotopic (exact) mass is 410 g/mol. The van der Waals surface area contributed by atoms with Crippen LogP contribution in [0.1, 0.15) is 0 Å². The number of halogens is 3. The minimum atomic E-state index is -0.339. The van der Waals surface area contributed by atoms with Crippen molar-refractivity contribution >= 4 is 37.7 Å². The SMILES string of the molecule is Nc1noc(-c2ccc(Br)cc2Br)c1-c1cccc(F)c1. The molecular weight excluding hydrogens is 403 g/mol. The molecule has 3 nitrogen and oxygen atoms in total. The molecule has 0 saturated carbocycles. The highest BCUT2D eigenvalue weighted by atomic mass is 79.9. The molecule has 21 heavy (non-hydrogen) atoms. The van der Waals surface area contributed by atoms with E-state index >= 15 is 0 Å². The van der Waals surface area contributed by atoms with Gasteiger partial charge in [-0.1, -0.05) is 33.2 Å². The van der Waals surface area contributed by atoms with Crippen molar-refractivity contribution in [2.24, 2.45) is 0 Å². The Morgan fingerprint density at radius 3 is 2.62 bits per heavy atom. The molecule has 0 unspecified atom stereocenters. The van der Waals surface area contributed by atoms with Gasteiger partial charge in [0.05, 0.1) is 5.56 Å². The highest BCUT2D eigenvalue weighted by Gasteiger charge is 2.20. The normalized spacial score (nSPS) is 10.8. The molecule has 0 atom stereocenters. The van der Waals surface area contributed by atoms with E-state index in [9.17, 15) is 4.39 Å². The van der Waals surface area contributed by atoms with Crippen LogP contribution >= 0.6 is 31.9 Å². The third-order valence-electron chi connectivity index (χ3n) is 3.01. The van der Waals surface area contributed by atoms with Gasteiger partial charge in [0, 0.05) is 14.5 Å². The highest BCUT2D eigenvalue weighted by molar-refractivity contribution is 9.11. The Bertz CT molecular complexity index is 817. The first-order valence-corrected chi connectivity index (χ1v) is 7.61. The van der Waals surface area contributed by atoms with Gasteiger partial charge in [0.15, 0.2) is 11.6 Å². The summed E-state index contributed by atoms with van der Waals surface area (Å²) < 4.78 is 20.6. The van der Waals surface area contributed by atoms with Crippen LogP contribution in [0.25, 0.3) is 22.5 Å². The molecule has 0 bridgehead atoms. The van der Waals surface area contributed by atoms with Crippen molar-refractivity contribution in [3.63, 3.8) is 0 Å². The van der Waals surface area contributed by atoms with Crippen molar-refractivity contribution in [2.75, 3.05) is 5.73 Å². The first kappa shape index (κ1) is 14.3. The predicted molar refractivity (Wildman–Crippen MR) is 87.1 cm³/mol. The van der Waals surface area contributed by atoms with Gasteiger partial charge in [0.25, 0.3) is 0 Å². The Morgan fingerprint density at radius 2 is 1.90 bits per heavy atom. The van der Waals surface area contributed by atoms with E-state index in [0.717, 1.165) is 14.5 Å². The maximum atomic E-state index is 13.4. The fraction of sp³-hybridized carbons (Fsp3) is 0. The number of hydrogen-bond donors (Lipinski definition) is 1. The van der Waals surface area contributed by atoms with Gasteiger partial charge in [-0.3, -0.25) is 0 Å². The van der Waals surface area contributed by atoms with Gasteiger partial charge in [-0.2, -0.15) is 0 Å². The van der Waals surface area contributed by atoms with Crippen molar-refractivity contribution in [2.45, 2.75) is 0 Å². The van der Waals surface area contributed by atoms with Crippen molar-refractivity contribution < 1.29 is 8.91 Å². The fourth-order valence-corrected chi connectivity index (χ4v) is 3.31. The molecule has 0 amide bonds. The van der Waals surface area contributed by atoms with E-state index in [1.807, 2.05) is 18.2 Å². The summed E-state index contributed by atoms with van der Waals surface area (Å²) in [6.45, 7) is 0. The standard InChI is InChI=1S/C15H9Br2FN2O/c16-9-4-5-11(12(17)7-9)14-13(15(19)20-21-14)8-2-1-3-10(18)6-8/h1-7H,(H2,19,20). The van der Waals surface area contributed by atoms with Crippen LogP contribution in [-0.2, 0) is 0 Å². The molecule has 0 radical (unpaired) electrons. The van der Waals surface area contributed by atoms with Crippen molar-refractivity contribution in [3.8, 4) is 22.5 Å². The summed E-state index contributed by atoms with van der Waals surface area (Å²) in [5.74, 6) is 0.386. The Hall–Kier alpha value is -1.66. The van der Waals surface area contributed by atoms with Crippen molar-refractivity contribution in [1.82, 2.24) is 5.16 Å². The molecule has 0 saturated heterocycles. The van der Waals surface area contributed by atoms with Crippen LogP contribution in [0.15, 0.2) is 55.9 Å². The molecule has 3 rings (SSSR count). The lowest BCUT2D eigenvalue weighted by atomic mass is 10.0. The third-order valence-corrected chi connectivity index (χ3v) is 4.16. The molecular formula is C15H9Br2FN2O. The maximum Gasteiger partial charge on any atom is 0.178 e. The van der Waals surface area contributed by atoms with E-state index in [1.165, 1.54) is 12.1 Å². The van der Waals surface area contributed by atoms with Crippen LogP contribution in [-0.4, -0.2) is 5.16 Å². The number of anilines is 1. The van der Waals surface area contributed by atoms with Gasteiger partial charge < -0.3 is 10.3 Å². The quantitative estimate of drug-likeness (QED) is 0.626. The first-order chi connectivity index (χ1) is 10.1. The van der Waals surface area contributed by atoms with Gasteiger partial charge in [0.2, 0.25) is 0 Å². The van der Waals surface area contributed by atoms with Crippen LogP contribution in [0.3, 0.4) is 0 Å². The summed E-state index contributed by atoms with van der Waals surface area (Å²) in [6.07, 6.45) is 0. The number of aromatic nitrogens is 1. The lowest BCUT2D eigenvalue weighted by molar-refractivity contribution is 0.436. The highest BCUT2D eigenvalue weighted by Crippen LogP contribution is 2.40. The van der Waals surface area contributed by atoms with Gasteiger partial charge >= 0.3 is 0 Å². The second kappa shape index (κ2) is 5.61. The predicted octanol–water partition coefficient (Wildman–Crippen LogP) is 5.25. The molecule has 2 aromatic carbocycles. The van der Waals surface area contributed by atoms with E-state index < -0.39 is 0 Å². The number of benzene rings is 2. The topological polar surface area (TPSA) is 52.0 Å². The lowest BCUT2D eigenvalue weighted by Crippen LogP contribution is -1.90. The average Bonchev–Trinajstić information content (AvgIpc) is 2.80. The molecule has 2 N–H and O–H groups in total. The zero-order valence-corrected chi connectivity index (χ0v) is 13.8. The molecule has 0 spiro atoms. The largest absolute Gasteiger partial charge is 0.380 e. The Kier molecular flexibility index (Phi) is 3.82. The molecule has 1 heterocycles. The molecule has 0 aliphatic carbocycles. The third kappa shape index (κ3) is 2.73. The van der Waals surface area contributed by atoms with Crippen LogP contribution in [0, 0.1) is 5.82 Å². The molecule has 0 aliphatic rings. The van der Waals surface area contributed by atoms with Crippen molar-refractivity contribution in [3.05, 3.63) is 57.2 Å². The number of nitrogen functional groups attached to an aromatic ring is 1. The second-order valence-corrected chi connectivity index (χ2v) is 6.18. The molecule has 0 fully saturated rings. The van der Waals surface area contributed by atoms with E-state index in [0.29, 0.717) is 16.9 Å². The Balaban J connectivity index is 2.22. The zero-order valence-electron chi connectivity index (χ0n) is 10.6. The number of rotatable bonds is 2. The molecule has 0 aliphatic heterocycles. The van der Waals surface area contributed by atoms with Gasteiger partial charge in [-0.05, 0) is 51.8 Å². The number of nitrogens with two attached hydrogens (primary N) is 1. The Labute approximate surface area is 137 Å². The van der Waals surface area contributed by atoms with E-state index in [4.69, 9.17) is 10.3 Å². The van der Waals surface area contributed by atoms with Gasteiger partial charge in [0.1, 0.15) is 5.82 Å². The zero-order chi connectivity index (χ0) is 15.0. The fourth-order valence-electron chi connectivity index (χ4n) is 2.08. The first-order valence-electron chi connectivity index (χ1n) is 6.03. The minimum Gasteiger partial charge on any atom is -0.380 e. The molecule has 1 aromatic heterocycles. The van der Waals surface area contributed by atoms with E-state index in [2.05, 4.69) is 37.0 Å². The average molecular weight is 412 g/mol. The van der Waals surface area contributed by atoms with Gasteiger partial charge in [-0.15, -0.1) is 0 Å². The number of nitrogens with zero attached hydrogens (tertiary/aromatic N) is 1. The summed E-state index contributed by atoms with van der Waals surface area (Å²) in [4.78, 5) is 0. The van der Waals surface area contributed by atoms with Gasteiger partial charge in [-0.25, -0.2) is 4.39 Å². The van der Waals surface area contributed by atoms with Crippen molar-refractivity contribution in [1.29, 1.82) is 0 Å².